The first-order valence-corrected chi connectivity index (χ1v) is 12.6. The number of esters is 1. The second kappa shape index (κ2) is 11.0. The number of para-hydroxylation sites is 1. The Bertz CT molecular complexity index is 1150. The number of ether oxygens (including phenoxy) is 1. The van der Waals surface area contributed by atoms with Gasteiger partial charge in [0.15, 0.2) is 0 Å². The third-order valence-corrected chi connectivity index (χ3v) is 7.20. The Balaban J connectivity index is 1.49. The van der Waals surface area contributed by atoms with Crippen molar-refractivity contribution in [2.24, 2.45) is 0 Å². The van der Waals surface area contributed by atoms with Crippen LogP contribution in [0.4, 0.5) is 5.69 Å². The van der Waals surface area contributed by atoms with Crippen LogP contribution in [0.2, 0.25) is 0 Å². The molecule has 0 aromatic heterocycles. The van der Waals surface area contributed by atoms with Gasteiger partial charge < -0.3 is 9.64 Å². The first-order chi connectivity index (χ1) is 16.5. The number of thiocarbonyl (C=S) groups is 1. The predicted octanol–water partition coefficient (Wildman–Crippen LogP) is 4.93. The highest BCUT2D eigenvalue weighted by atomic mass is 32.2. The number of anilines is 1. The van der Waals surface area contributed by atoms with E-state index in [1.807, 2.05) is 54.6 Å². The fraction of sp³-hybridized carbons (Fsp3) is 0.308. The van der Waals surface area contributed by atoms with E-state index in [0.29, 0.717) is 47.3 Å². The minimum atomic E-state index is -0.222. The topological polar surface area (TPSA) is 66.9 Å². The Morgan fingerprint density at radius 2 is 1.68 bits per heavy atom. The minimum absolute atomic E-state index is 0.181. The van der Waals surface area contributed by atoms with Crippen LogP contribution in [0.25, 0.3) is 5.57 Å². The van der Waals surface area contributed by atoms with Gasteiger partial charge in [0, 0.05) is 18.5 Å². The first kappa shape index (κ1) is 24.2. The molecule has 1 saturated heterocycles. The van der Waals surface area contributed by atoms with Gasteiger partial charge in [-0.3, -0.25) is 19.3 Å². The van der Waals surface area contributed by atoms with Crippen LogP contribution < -0.4 is 4.90 Å². The quantitative estimate of drug-likeness (QED) is 0.213. The number of unbranched alkanes of at least 4 members (excludes halogenated alkanes) is 2. The third-order valence-electron chi connectivity index (χ3n) is 5.75. The molecule has 0 atom stereocenters. The zero-order valence-corrected chi connectivity index (χ0v) is 20.6. The number of hydrogen-bond donors (Lipinski definition) is 0. The van der Waals surface area contributed by atoms with E-state index in [9.17, 15) is 14.4 Å². The van der Waals surface area contributed by atoms with Crippen molar-refractivity contribution in [2.45, 2.75) is 39.2 Å². The van der Waals surface area contributed by atoms with E-state index in [1.54, 1.807) is 16.7 Å². The van der Waals surface area contributed by atoms with Gasteiger partial charge in [0.05, 0.1) is 29.3 Å². The highest BCUT2D eigenvalue weighted by Crippen LogP contribution is 2.45. The molecule has 34 heavy (non-hydrogen) atoms. The summed E-state index contributed by atoms with van der Waals surface area (Å²) in [6.07, 6.45) is 2.58. The number of rotatable bonds is 9. The summed E-state index contributed by atoms with van der Waals surface area (Å²) in [5.74, 6) is -0.601. The normalized spacial score (nSPS) is 17.5. The number of thioether (sulfide) groups is 1. The van der Waals surface area contributed by atoms with Crippen molar-refractivity contribution in [2.75, 3.05) is 18.1 Å². The van der Waals surface area contributed by atoms with Crippen molar-refractivity contribution < 1.29 is 19.1 Å². The standard InChI is InChI=1S/C26H26N2O4S2/c1-2-32-21(29)15-7-4-10-16-27-25(31)23(34-26(27)33)22-19-13-8-9-14-20(19)28(24(22)30)17-18-11-5-3-6-12-18/h3,5-6,8-9,11-14H,2,4,7,10,15-17H2,1H3/b23-22-. The molecule has 0 spiro atoms. The Morgan fingerprint density at radius 3 is 2.44 bits per heavy atom. The van der Waals surface area contributed by atoms with E-state index in [0.717, 1.165) is 29.7 Å². The fourth-order valence-corrected chi connectivity index (χ4v) is 5.49. The van der Waals surface area contributed by atoms with Gasteiger partial charge in [0.2, 0.25) is 0 Å². The van der Waals surface area contributed by atoms with Crippen molar-refractivity contribution in [3.8, 4) is 0 Å². The van der Waals surface area contributed by atoms with E-state index in [2.05, 4.69) is 0 Å². The second-order valence-electron chi connectivity index (χ2n) is 8.04. The molecule has 0 bridgehead atoms. The van der Waals surface area contributed by atoms with Crippen LogP contribution in [-0.4, -0.2) is 40.2 Å². The minimum Gasteiger partial charge on any atom is -0.466 e. The van der Waals surface area contributed by atoms with Crippen LogP contribution >= 0.6 is 24.0 Å². The van der Waals surface area contributed by atoms with E-state index < -0.39 is 0 Å². The van der Waals surface area contributed by atoms with Crippen LogP contribution in [0, 0.1) is 0 Å². The molecule has 2 aromatic rings. The lowest BCUT2D eigenvalue weighted by Gasteiger charge is -2.17. The maximum absolute atomic E-state index is 13.5. The number of carbonyl (C=O) groups is 3. The maximum Gasteiger partial charge on any atom is 0.305 e. The molecule has 0 saturated carbocycles. The Morgan fingerprint density at radius 1 is 0.941 bits per heavy atom. The molecule has 1 fully saturated rings. The van der Waals surface area contributed by atoms with Crippen LogP contribution in [0.3, 0.4) is 0 Å². The summed E-state index contributed by atoms with van der Waals surface area (Å²) in [6, 6.07) is 17.4. The molecule has 2 aromatic carbocycles. The molecule has 0 aliphatic carbocycles. The molecule has 6 nitrogen and oxygen atoms in total. The fourth-order valence-electron chi connectivity index (χ4n) is 4.11. The second-order valence-corrected chi connectivity index (χ2v) is 9.68. The summed E-state index contributed by atoms with van der Waals surface area (Å²) in [6.45, 7) is 3.07. The van der Waals surface area contributed by atoms with Crippen LogP contribution in [0.15, 0.2) is 59.5 Å². The first-order valence-electron chi connectivity index (χ1n) is 11.4. The summed E-state index contributed by atoms with van der Waals surface area (Å²) >= 11 is 6.69. The molecule has 4 rings (SSSR count). The summed E-state index contributed by atoms with van der Waals surface area (Å²) in [5, 5.41) is 0. The molecular weight excluding hydrogens is 468 g/mol. The lowest BCUT2D eigenvalue weighted by atomic mass is 10.1. The highest BCUT2D eigenvalue weighted by Gasteiger charge is 2.41. The van der Waals surface area contributed by atoms with Gasteiger partial charge in [0.1, 0.15) is 4.32 Å². The molecule has 2 aliphatic heterocycles. The Hall–Kier alpha value is -2.97. The Labute approximate surface area is 208 Å². The molecule has 8 heteroatoms. The number of carbonyl (C=O) groups excluding carboxylic acids is 3. The molecule has 2 aliphatic rings. The molecule has 2 heterocycles. The Kier molecular flexibility index (Phi) is 7.80. The van der Waals surface area contributed by atoms with Crippen LogP contribution in [0.5, 0.6) is 0 Å². The SMILES string of the molecule is CCOC(=O)CCCCCN1C(=O)/C(=C2/C(=O)N(Cc3ccccc3)c3ccccc32)SC1=S. The molecular formula is C26H26N2O4S2. The zero-order chi connectivity index (χ0) is 24.1. The van der Waals surface area contributed by atoms with Gasteiger partial charge in [-0.15, -0.1) is 0 Å². The summed E-state index contributed by atoms with van der Waals surface area (Å²) < 4.78 is 5.40. The number of benzene rings is 2. The molecule has 0 radical (unpaired) electrons. The number of fused-ring (bicyclic) bond motifs is 1. The lowest BCUT2D eigenvalue weighted by Crippen LogP contribution is -2.30. The third kappa shape index (κ3) is 5.08. The number of amides is 2. The van der Waals surface area contributed by atoms with Crippen LogP contribution in [-0.2, 0) is 25.7 Å². The van der Waals surface area contributed by atoms with Gasteiger partial charge in [-0.25, -0.2) is 0 Å². The largest absolute Gasteiger partial charge is 0.466 e. The van der Waals surface area contributed by atoms with Crippen LogP contribution in [0.1, 0.15) is 43.7 Å². The zero-order valence-electron chi connectivity index (χ0n) is 19.0. The van der Waals surface area contributed by atoms with E-state index in [-0.39, 0.29) is 17.8 Å². The van der Waals surface area contributed by atoms with Gasteiger partial charge in [-0.2, -0.15) is 0 Å². The lowest BCUT2D eigenvalue weighted by molar-refractivity contribution is -0.143. The highest BCUT2D eigenvalue weighted by molar-refractivity contribution is 8.26. The number of hydrogen-bond acceptors (Lipinski definition) is 6. The average Bonchev–Trinajstić information content (AvgIpc) is 3.27. The van der Waals surface area contributed by atoms with Gasteiger partial charge in [-0.1, -0.05) is 78.9 Å². The molecule has 2 amide bonds. The molecule has 0 N–H and O–H groups in total. The van der Waals surface area contributed by atoms with Crippen molar-refractivity contribution >= 4 is 57.3 Å². The van der Waals surface area contributed by atoms with Crippen molar-refractivity contribution in [1.82, 2.24) is 4.90 Å². The van der Waals surface area contributed by atoms with Gasteiger partial charge in [-0.05, 0) is 31.4 Å². The number of nitrogens with zero attached hydrogens (tertiary/aromatic N) is 2. The van der Waals surface area contributed by atoms with Crippen molar-refractivity contribution in [3.05, 3.63) is 70.6 Å². The monoisotopic (exact) mass is 494 g/mol. The summed E-state index contributed by atoms with van der Waals surface area (Å²) in [7, 11) is 0. The average molecular weight is 495 g/mol. The maximum atomic E-state index is 13.5. The van der Waals surface area contributed by atoms with Gasteiger partial charge >= 0.3 is 5.97 Å². The van der Waals surface area contributed by atoms with Crippen molar-refractivity contribution in [1.29, 1.82) is 0 Å². The summed E-state index contributed by atoms with van der Waals surface area (Å²) in [4.78, 5) is 42.0. The van der Waals surface area contributed by atoms with Crippen molar-refractivity contribution in [3.63, 3.8) is 0 Å². The smallest absolute Gasteiger partial charge is 0.305 e. The molecule has 176 valence electrons. The van der Waals surface area contributed by atoms with E-state index in [1.165, 1.54) is 11.8 Å². The van der Waals surface area contributed by atoms with Gasteiger partial charge in [0.25, 0.3) is 11.8 Å². The van der Waals surface area contributed by atoms with E-state index >= 15 is 0 Å². The summed E-state index contributed by atoms with van der Waals surface area (Å²) in [5.41, 5.74) is 3.00. The predicted molar refractivity (Wildman–Crippen MR) is 138 cm³/mol. The van der Waals surface area contributed by atoms with E-state index in [4.69, 9.17) is 17.0 Å². The molecule has 0 unspecified atom stereocenters.